The van der Waals surface area contributed by atoms with Crippen LogP contribution in [0.2, 0.25) is 10.0 Å². The summed E-state index contributed by atoms with van der Waals surface area (Å²) in [5, 5.41) is 4.34. The highest BCUT2D eigenvalue weighted by molar-refractivity contribution is 9.10. The Bertz CT molecular complexity index is 909. The van der Waals surface area contributed by atoms with Crippen molar-refractivity contribution in [3.63, 3.8) is 0 Å². The fourth-order valence-electron chi connectivity index (χ4n) is 2.13. The van der Waals surface area contributed by atoms with Gasteiger partial charge in [-0.1, -0.05) is 45.2 Å². The van der Waals surface area contributed by atoms with Gasteiger partial charge in [-0.25, -0.2) is 4.98 Å². The van der Waals surface area contributed by atoms with E-state index in [1.165, 1.54) is 11.3 Å². The second-order valence-corrected chi connectivity index (χ2v) is 7.95. The highest BCUT2D eigenvalue weighted by atomic mass is 79.9. The van der Waals surface area contributed by atoms with Crippen LogP contribution in [-0.4, -0.2) is 10.9 Å². The lowest BCUT2D eigenvalue weighted by molar-refractivity contribution is 0.102. The molecule has 2 aromatic carbocycles. The first kappa shape index (κ1) is 17.4. The van der Waals surface area contributed by atoms with E-state index in [4.69, 9.17) is 23.2 Å². The molecule has 1 N–H and O–H groups in total. The molecule has 0 bridgehead atoms. The van der Waals surface area contributed by atoms with E-state index in [1.54, 1.807) is 24.3 Å². The number of aromatic nitrogens is 1. The van der Waals surface area contributed by atoms with Gasteiger partial charge in [0, 0.05) is 20.5 Å². The summed E-state index contributed by atoms with van der Waals surface area (Å²) in [6.07, 6.45) is 0. The first-order valence-corrected chi connectivity index (χ1v) is 9.30. The molecule has 3 aromatic rings. The predicted molar refractivity (Wildman–Crippen MR) is 104 cm³/mol. The number of rotatable bonds is 3. The van der Waals surface area contributed by atoms with Crippen LogP contribution < -0.4 is 5.32 Å². The van der Waals surface area contributed by atoms with Crippen molar-refractivity contribution in [1.82, 2.24) is 4.98 Å². The molecule has 3 rings (SSSR count). The molecule has 0 fully saturated rings. The minimum atomic E-state index is -0.197. The molecule has 0 aliphatic heterocycles. The number of thiazole rings is 1. The van der Waals surface area contributed by atoms with Gasteiger partial charge in [0.25, 0.3) is 5.91 Å². The van der Waals surface area contributed by atoms with Gasteiger partial charge >= 0.3 is 0 Å². The third-order valence-electron chi connectivity index (χ3n) is 3.32. The van der Waals surface area contributed by atoms with Crippen molar-refractivity contribution >= 4 is 61.5 Å². The zero-order chi connectivity index (χ0) is 17.3. The van der Waals surface area contributed by atoms with E-state index in [-0.39, 0.29) is 5.91 Å². The molecule has 0 atom stereocenters. The van der Waals surface area contributed by atoms with Gasteiger partial charge in [-0.15, -0.1) is 11.3 Å². The number of benzene rings is 2. The molecular formula is C17H11BrCl2N2OS. The molecule has 1 heterocycles. The molecule has 0 saturated heterocycles. The van der Waals surface area contributed by atoms with E-state index < -0.39 is 0 Å². The van der Waals surface area contributed by atoms with Crippen LogP contribution in [0.15, 0.2) is 46.9 Å². The lowest BCUT2D eigenvalue weighted by Gasteiger charge is -2.02. The smallest absolute Gasteiger partial charge is 0.257 e. The fourth-order valence-corrected chi connectivity index (χ4v) is 3.52. The van der Waals surface area contributed by atoms with Gasteiger partial charge in [0.15, 0.2) is 5.13 Å². The Kier molecular flexibility index (Phi) is 5.25. The zero-order valence-electron chi connectivity index (χ0n) is 12.4. The number of aryl methyl sites for hydroxylation is 1. The molecule has 3 nitrogen and oxygen atoms in total. The van der Waals surface area contributed by atoms with E-state index >= 15 is 0 Å². The number of anilines is 1. The number of carbonyl (C=O) groups excluding carboxylic acids is 1. The third-order valence-corrected chi connectivity index (χ3v) is 5.47. The largest absolute Gasteiger partial charge is 0.298 e. The van der Waals surface area contributed by atoms with Crippen molar-refractivity contribution in [3.05, 3.63) is 67.4 Å². The Morgan fingerprint density at radius 1 is 1.12 bits per heavy atom. The summed E-state index contributed by atoms with van der Waals surface area (Å²) in [5.41, 5.74) is 2.22. The highest BCUT2D eigenvalue weighted by Crippen LogP contribution is 2.34. The van der Waals surface area contributed by atoms with Gasteiger partial charge in [-0.3, -0.25) is 10.1 Å². The molecule has 7 heteroatoms. The number of hydrogen-bond donors (Lipinski definition) is 1. The summed E-state index contributed by atoms with van der Waals surface area (Å²) in [6, 6.07) is 12.5. The van der Waals surface area contributed by atoms with Gasteiger partial charge in [0.1, 0.15) is 0 Å². The molecule has 0 aliphatic rings. The van der Waals surface area contributed by atoms with Crippen LogP contribution in [0.25, 0.3) is 11.3 Å². The first-order valence-electron chi connectivity index (χ1n) is 6.94. The molecule has 1 aromatic heterocycles. The molecule has 0 aliphatic carbocycles. The van der Waals surface area contributed by atoms with E-state index in [2.05, 4.69) is 26.2 Å². The molecule has 122 valence electrons. The monoisotopic (exact) mass is 440 g/mol. The van der Waals surface area contributed by atoms with Crippen molar-refractivity contribution in [2.75, 3.05) is 5.32 Å². The van der Waals surface area contributed by atoms with Crippen molar-refractivity contribution in [1.29, 1.82) is 0 Å². The van der Waals surface area contributed by atoms with Crippen LogP contribution in [0.1, 0.15) is 15.2 Å². The van der Waals surface area contributed by atoms with E-state index in [9.17, 15) is 4.79 Å². The van der Waals surface area contributed by atoms with Crippen molar-refractivity contribution in [3.8, 4) is 11.3 Å². The Hall–Kier alpha value is -1.40. The maximum absolute atomic E-state index is 12.3. The minimum absolute atomic E-state index is 0.197. The van der Waals surface area contributed by atoms with E-state index in [1.807, 2.05) is 25.1 Å². The Morgan fingerprint density at radius 2 is 1.83 bits per heavy atom. The number of amides is 1. The third kappa shape index (κ3) is 3.81. The number of hydrogen-bond acceptors (Lipinski definition) is 3. The zero-order valence-corrected chi connectivity index (χ0v) is 16.4. The van der Waals surface area contributed by atoms with Crippen LogP contribution in [0.4, 0.5) is 5.13 Å². The average Bonchev–Trinajstić information content (AvgIpc) is 2.91. The lowest BCUT2D eigenvalue weighted by atomic mass is 10.1. The number of halogens is 3. The van der Waals surface area contributed by atoms with E-state index in [0.29, 0.717) is 20.7 Å². The summed E-state index contributed by atoms with van der Waals surface area (Å²) < 4.78 is 0.922. The number of nitrogens with one attached hydrogen (secondary N) is 1. The van der Waals surface area contributed by atoms with Crippen LogP contribution in [0.3, 0.4) is 0 Å². The maximum Gasteiger partial charge on any atom is 0.257 e. The van der Waals surface area contributed by atoms with Crippen LogP contribution in [0, 0.1) is 6.92 Å². The Morgan fingerprint density at radius 3 is 2.50 bits per heavy atom. The van der Waals surface area contributed by atoms with Crippen LogP contribution >= 0.6 is 50.5 Å². The standard InChI is InChI=1S/C17H11BrCl2N2OS/c1-9-15(11-4-7-13(19)14(20)8-11)21-17(24-9)22-16(23)10-2-5-12(18)6-3-10/h2-8H,1H3,(H,21,22,23). The second-order valence-electron chi connectivity index (χ2n) is 5.01. The normalized spacial score (nSPS) is 10.7. The Balaban J connectivity index is 1.84. The van der Waals surface area contributed by atoms with Gasteiger partial charge in [-0.05, 0) is 43.3 Å². The fraction of sp³-hybridized carbons (Fsp3) is 0.0588. The first-order chi connectivity index (χ1) is 11.4. The van der Waals surface area contributed by atoms with Gasteiger partial charge in [-0.2, -0.15) is 0 Å². The SMILES string of the molecule is Cc1sc(NC(=O)c2ccc(Br)cc2)nc1-c1ccc(Cl)c(Cl)c1. The average molecular weight is 442 g/mol. The molecule has 0 unspecified atom stereocenters. The maximum atomic E-state index is 12.3. The topological polar surface area (TPSA) is 42.0 Å². The molecular weight excluding hydrogens is 431 g/mol. The molecule has 24 heavy (non-hydrogen) atoms. The number of nitrogens with zero attached hydrogens (tertiary/aromatic N) is 1. The summed E-state index contributed by atoms with van der Waals surface area (Å²) in [6.45, 7) is 1.95. The summed E-state index contributed by atoms with van der Waals surface area (Å²) in [5.74, 6) is -0.197. The van der Waals surface area contributed by atoms with Gasteiger partial charge < -0.3 is 0 Å². The molecule has 0 saturated carbocycles. The van der Waals surface area contributed by atoms with Crippen molar-refractivity contribution in [2.45, 2.75) is 6.92 Å². The van der Waals surface area contributed by atoms with E-state index in [0.717, 1.165) is 20.6 Å². The minimum Gasteiger partial charge on any atom is -0.298 e. The summed E-state index contributed by atoms with van der Waals surface area (Å²) in [7, 11) is 0. The van der Waals surface area contributed by atoms with Crippen LogP contribution in [0.5, 0.6) is 0 Å². The van der Waals surface area contributed by atoms with Crippen molar-refractivity contribution in [2.24, 2.45) is 0 Å². The van der Waals surface area contributed by atoms with Crippen molar-refractivity contribution < 1.29 is 4.79 Å². The highest BCUT2D eigenvalue weighted by Gasteiger charge is 2.14. The quantitative estimate of drug-likeness (QED) is 0.508. The van der Waals surface area contributed by atoms with Crippen LogP contribution in [-0.2, 0) is 0 Å². The predicted octanol–water partition coefficient (Wildman–Crippen LogP) is 6.44. The number of carbonyl (C=O) groups is 1. The lowest BCUT2D eigenvalue weighted by Crippen LogP contribution is -2.11. The summed E-state index contributed by atoms with van der Waals surface area (Å²) >= 11 is 16.8. The summed E-state index contributed by atoms with van der Waals surface area (Å²) in [4.78, 5) is 17.8. The Labute approximate surface area is 161 Å². The molecule has 0 radical (unpaired) electrons. The molecule has 1 amide bonds. The molecule has 0 spiro atoms. The van der Waals surface area contributed by atoms with Gasteiger partial charge in [0.2, 0.25) is 0 Å². The second kappa shape index (κ2) is 7.23. The van der Waals surface area contributed by atoms with Gasteiger partial charge in [0.05, 0.1) is 15.7 Å².